The number of nitrogens with one attached hydrogen (secondary N) is 1. The zero-order chi connectivity index (χ0) is 18.7. The zero-order valence-corrected chi connectivity index (χ0v) is 16.9. The fourth-order valence-electron chi connectivity index (χ4n) is 3.66. The maximum absolute atomic E-state index is 12.6. The van der Waals surface area contributed by atoms with Crippen molar-refractivity contribution in [2.45, 2.75) is 38.0 Å². The summed E-state index contributed by atoms with van der Waals surface area (Å²) in [5, 5.41) is 3.51. The highest BCUT2D eigenvalue weighted by atomic mass is 35.5. The van der Waals surface area contributed by atoms with Gasteiger partial charge in [0.25, 0.3) is 0 Å². The molecule has 0 aliphatic carbocycles. The van der Waals surface area contributed by atoms with Crippen LogP contribution in [0.4, 0.5) is 10.5 Å². The Morgan fingerprint density at radius 1 is 1.27 bits per heavy atom. The molecule has 3 amide bonds. The number of hydrogen-bond acceptors (Lipinski definition) is 3. The van der Waals surface area contributed by atoms with E-state index in [0.717, 1.165) is 25.1 Å². The quantitative estimate of drug-likeness (QED) is 0.830. The Labute approximate surface area is 164 Å². The normalized spacial score (nSPS) is 19.2. The standard InChI is InChI=1S/C19H26ClN3O2S/c1-14(2)12-17(24)23-10-11-26-19(23)6-8-22(9-7-19)18(25)21-16-5-3-4-15(20)13-16/h3-5,13-14H,6-12H2,1-2H3,(H,21,25). The molecular formula is C19H26ClN3O2S. The minimum Gasteiger partial charge on any atom is -0.327 e. The predicted octanol–water partition coefficient (Wildman–Crippen LogP) is 4.29. The van der Waals surface area contributed by atoms with Crippen LogP contribution in [0.15, 0.2) is 24.3 Å². The number of carbonyl (C=O) groups excluding carboxylic acids is 2. The largest absolute Gasteiger partial charge is 0.327 e. The molecule has 2 aliphatic rings. The van der Waals surface area contributed by atoms with Gasteiger partial charge >= 0.3 is 6.03 Å². The van der Waals surface area contributed by atoms with Crippen LogP contribution in [0.5, 0.6) is 0 Å². The van der Waals surface area contributed by atoms with Gasteiger partial charge in [-0.05, 0) is 37.0 Å². The molecule has 2 aliphatic heterocycles. The Morgan fingerprint density at radius 3 is 2.65 bits per heavy atom. The van der Waals surface area contributed by atoms with Crippen molar-refractivity contribution >= 4 is 41.0 Å². The third kappa shape index (κ3) is 4.29. The van der Waals surface area contributed by atoms with Crippen molar-refractivity contribution in [3.63, 3.8) is 0 Å². The summed E-state index contributed by atoms with van der Waals surface area (Å²) in [6.07, 6.45) is 2.25. The molecule has 0 unspecified atom stereocenters. The SMILES string of the molecule is CC(C)CC(=O)N1CCSC12CCN(C(=O)Nc1cccc(Cl)c1)CC2. The Balaban J connectivity index is 1.59. The third-order valence-electron chi connectivity index (χ3n) is 4.97. The van der Waals surface area contributed by atoms with Crippen LogP contribution in [0.2, 0.25) is 5.02 Å². The van der Waals surface area contributed by atoms with E-state index in [-0.39, 0.29) is 16.8 Å². The highest BCUT2D eigenvalue weighted by molar-refractivity contribution is 8.00. The lowest BCUT2D eigenvalue weighted by Gasteiger charge is -2.44. The first-order chi connectivity index (χ1) is 12.4. The summed E-state index contributed by atoms with van der Waals surface area (Å²) in [6.45, 7) is 6.30. The van der Waals surface area contributed by atoms with Crippen molar-refractivity contribution in [1.29, 1.82) is 0 Å². The van der Waals surface area contributed by atoms with Crippen LogP contribution in [0, 0.1) is 5.92 Å². The van der Waals surface area contributed by atoms with Gasteiger partial charge in [0.05, 0.1) is 4.87 Å². The number of amides is 3. The Morgan fingerprint density at radius 2 is 2.00 bits per heavy atom. The second-order valence-corrected chi connectivity index (χ2v) is 9.26. The van der Waals surface area contributed by atoms with Crippen molar-refractivity contribution in [2.24, 2.45) is 5.92 Å². The minimum absolute atomic E-state index is 0.106. The molecule has 0 aromatic heterocycles. The summed E-state index contributed by atoms with van der Waals surface area (Å²) in [7, 11) is 0. The maximum atomic E-state index is 12.6. The number of urea groups is 1. The van der Waals surface area contributed by atoms with Crippen LogP contribution in [-0.2, 0) is 4.79 Å². The summed E-state index contributed by atoms with van der Waals surface area (Å²) in [6, 6.07) is 7.06. The van der Waals surface area contributed by atoms with Crippen molar-refractivity contribution in [3.05, 3.63) is 29.3 Å². The van der Waals surface area contributed by atoms with Crippen molar-refractivity contribution in [1.82, 2.24) is 9.80 Å². The topological polar surface area (TPSA) is 52.7 Å². The first kappa shape index (κ1) is 19.4. The molecule has 2 fully saturated rings. The summed E-state index contributed by atoms with van der Waals surface area (Å²) in [4.78, 5) is 28.9. The average molecular weight is 396 g/mol. The van der Waals surface area contributed by atoms with Crippen LogP contribution in [0.1, 0.15) is 33.1 Å². The third-order valence-corrected chi connectivity index (χ3v) is 6.76. The van der Waals surface area contributed by atoms with Gasteiger partial charge in [0.2, 0.25) is 5.91 Å². The maximum Gasteiger partial charge on any atom is 0.321 e. The van der Waals surface area contributed by atoms with Gasteiger partial charge in [0.1, 0.15) is 0 Å². The molecule has 26 heavy (non-hydrogen) atoms. The van der Waals surface area contributed by atoms with Gasteiger partial charge in [-0.1, -0.05) is 31.5 Å². The minimum atomic E-state index is -0.126. The summed E-state index contributed by atoms with van der Waals surface area (Å²) >= 11 is 7.85. The summed E-state index contributed by atoms with van der Waals surface area (Å²) < 4.78 is 0. The van der Waals surface area contributed by atoms with E-state index in [0.29, 0.717) is 36.1 Å². The number of benzene rings is 1. The molecule has 1 spiro atoms. The lowest BCUT2D eigenvalue weighted by Crippen LogP contribution is -2.54. The number of likely N-dealkylation sites (tertiary alicyclic amines) is 1. The zero-order valence-electron chi connectivity index (χ0n) is 15.3. The number of thioether (sulfide) groups is 1. The van der Waals surface area contributed by atoms with Crippen LogP contribution in [-0.4, -0.2) is 52.0 Å². The fourth-order valence-corrected chi connectivity index (χ4v) is 5.33. The molecule has 1 N–H and O–H groups in total. The monoisotopic (exact) mass is 395 g/mol. The molecule has 0 atom stereocenters. The van der Waals surface area contributed by atoms with Gasteiger partial charge in [-0.3, -0.25) is 4.79 Å². The molecule has 1 aromatic rings. The van der Waals surface area contributed by atoms with Crippen LogP contribution < -0.4 is 5.32 Å². The van der Waals surface area contributed by atoms with Gasteiger partial charge in [0, 0.05) is 42.5 Å². The Kier molecular flexibility index (Phi) is 6.03. The van der Waals surface area contributed by atoms with Gasteiger partial charge < -0.3 is 15.1 Å². The number of nitrogens with zero attached hydrogens (tertiary/aromatic N) is 2. The number of hydrogen-bond donors (Lipinski definition) is 1. The van der Waals surface area contributed by atoms with Crippen molar-refractivity contribution in [2.75, 3.05) is 30.7 Å². The van der Waals surface area contributed by atoms with E-state index >= 15 is 0 Å². The van der Waals surface area contributed by atoms with Gasteiger partial charge in [0.15, 0.2) is 0 Å². The van der Waals surface area contributed by atoms with Crippen LogP contribution in [0.3, 0.4) is 0 Å². The molecule has 5 nitrogen and oxygen atoms in total. The number of anilines is 1. The van der Waals surface area contributed by atoms with Crippen molar-refractivity contribution in [3.8, 4) is 0 Å². The van der Waals surface area contributed by atoms with E-state index in [2.05, 4.69) is 24.1 Å². The molecule has 7 heteroatoms. The molecule has 142 valence electrons. The highest BCUT2D eigenvalue weighted by Crippen LogP contribution is 2.44. The van der Waals surface area contributed by atoms with E-state index < -0.39 is 0 Å². The molecule has 1 aromatic carbocycles. The first-order valence-electron chi connectivity index (χ1n) is 9.15. The molecule has 2 heterocycles. The molecular weight excluding hydrogens is 370 g/mol. The molecule has 0 saturated carbocycles. The second kappa shape index (κ2) is 8.09. The van der Waals surface area contributed by atoms with Gasteiger partial charge in [-0.2, -0.15) is 0 Å². The number of rotatable bonds is 3. The predicted molar refractivity (Wildman–Crippen MR) is 108 cm³/mol. The lowest BCUT2D eigenvalue weighted by molar-refractivity contribution is -0.135. The lowest BCUT2D eigenvalue weighted by atomic mass is 10.0. The van der Waals surface area contributed by atoms with E-state index in [9.17, 15) is 9.59 Å². The Hall–Kier alpha value is -1.40. The first-order valence-corrected chi connectivity index (χ1v) is 10.5. The van der Waals surface area contributed by atoms with E-state index in [4.69, 9.17) is 11.6 Å². The Bertz CT molecular complexity index is 675. The molecule has 3 rings (SSSR count). The molecule has 0 radical (unpaired) electrons. The van der Waals surface area contributed by atoms with E-state index in [1.165, 1.54) is 0 Å². The van der Waals surface area contributed by atoms with Crippen LogP contribution in [0.25, 0.3) is 0 Å². The average Bonchev–Trinajstić information content (AvgIpc) is 2.98. The number of halogens is 1. The smallest absolute Gasteiger partial charge is 0.321 e. The van der Waals surface area contributed by atoms with E-state index in [1.807, 2.05) is 28.8 Å². The van der Waals surface area contributed by atoms with E-state index in [1.54, 1.807) is 12.1 Å². The number of piperidine rings is 1. The fraction of sp³-hybridized carbons (Fsp3) is 0.579. The van der Waals surface area contributed by atoms with Crippen LogP contribution >= 0.6 is 23.4 Å². The van der Waals surface area contributed by atoms with Gasteiger partial charge in [-0.25, -0.2) is 4.79 Å². The summed E-state index contributed by atoms with van der Waals surface area (Å²) in [5.41, 5.74) is 0.701. The highest BCUT2D eigenvalue weighted by Gasteiger charge is 2.46. The second-order valence-electron chi connectivity index (χ2n) is 7.37. The molecule has 0 bridgehead atoms. The molecule has 2 saturated heterocycles. The van der Waals surface area contributed by atoms with Crippen molar-refractivity contribution < 1.29 is 9.59 Å². The summed E-state index contributed by atoms with van der Waals surface area (Å²) in [5.74, 6) is 1.61. The van der Waals surface area contributed by atoms with Gasteiger partial charge in [-0.15, -0.1) is 11.8 Å². The number of carbonyl (C=O) groups is 2.